The standard InChI is InChI=1S/C19H22ClN3O3S/c1-15(24)21-18-5-7-19(8-6-18)27(25,26)23-11-9-22(10-12-23)14-16-3-2-4-17(20)13-16/h2-8,13H,9-12,14H2,1H3,(H,21,24)/p+1. The van der Waals surface area contributed by atoms with Crippen LogP contribution in [0.4, 0.5) is 5.69 Å². The summed E-state index contributed by atoms with van der Waals surface area (Å²) in [6, 6.07) is 14.1. The predicted octanol–water partition coefficient (Wildman–Crippen LogP) is 1.39. The van der Waals surface area contributed by atoms with Gasteiger partial charge >= 0.3 is 0 Å². The van der Waals surface area contributed by atoms with Crippen molar-refractivity contribution in [3.8, 4) is 0 Å². The molecule has 2 aromatic rings. The molecule has 0 radical (unpaired) electrons. The summed E-state index contributed by atoms with van der Waals surface area (Å²) >= 11 is 6.03. The van der Waals surface area contributed by atoms with Gasteiger partial charge in [0.2, 0.25) is 15.9 Å². The highest BCUT2D eigenvalue weighted by Crippen LogP contribution is 2.18. The van der Waals surface area contributed by atoms with E-state index in [1.807, 2.05) is 24.3 Å². The van der Waals surface area contributed by atoms with Crippen molar-refractivity contribution in [3.63, 3.8) is 0 Å². The molecule has 2 aromatic carbocycles. The minimum absolute atomic E-state index is 0.190. The molecule has 8 heteroatoms. The molecule has 144 valence electrons. The van der Waals surface area contributed by atoms with Crippen molar-refractivity contribution < 1.29 is 18.1 Å². The number of nitrogens with one attached hydrogen (secondary N) is 2. The number of anilines is 1. The van der Waals surface area contributed by atoms with Gasteiger partial charge in [-0.1, -0.05) is 23.7 Å². The molecule has 1 fully saturated rings. The summed E-state index contributed by atoms with van der Waals surface area (Å²) in [6.45, 7) is 4.69. The molecule has 0 spiro atoms. The highest BCUT2D eigenvalue weighted by atomic mass is 35.5. The third kappa shape index (κ3) is 5.07. The average molecular weight is 409 g/mol. The quantitative estimate of drug-likeness (QED) is 0.785. The molecule has 3 rings (SSSR count). The molecule has 0 bridgehead atoms. The lowest BCUT2D eigenvalue weighted by atomic mass is 10.2. The van der Waals surface area contributed by atoms with Crippen molar-refractivity contribution in [1.29, 1.82) is 0 Å². The lowest BCUT2D eigenvalue weighted by Gasteiger charge is -2.31. The number of quaternary nitrogens is 1. The van der Waals surface area contributed by atoms with Gasteiger partial charge in [0, 0.05) is 23.2 Å². The van der Waals surface area contributed by atoms with Crippen LogP contribution in [0.25, 0.3) is 0 Å². The number of carbonyl (C=O) groups excluding carboxylic acids is 1. The first-order valence-electron chi connectivity index (χ1n) is 8.80. The molecule has 6 nitrogen and oxygen atoms in total. The summed E-state index contributed by atoms with van der Waals surface area (Å²) in [6.07, 6.45) is 0. The van der Waals surface area contributed by atoms with Crippen LogP contribution in [0.15, 0.2) is 53.4 Å². The second kappa shape index (κ2) is 8.39. The molecule has 0 saturated carbocycles. The van der Waals surface area contributed by atoms with Crippen molar-refractivity contribution in [1.82, 2.24) is 4.31 Å². The smallest absolute Gasteiger partial charge is 0.243 e. The Hall–Kier alpha value is -1.93. The van der Waals surface area contributed by atoms with Crippen LogP contribution >= 0.6 is 11.6 Å². The first-order valence-corrected chi connectivity index (χ1v) is 10.6. The minimum atomic E-state index is -3.52. The molecule has 0 aromatic heterocycles. The maximum Gasteiger partial charge on any atom is 0.243 e. The molecule has 1 amide bonds. The van der Waals surface area contributed by atoms with Gasteiger partial charge in [0.1, 0.15) is 6.54 Å². The van der Waals surface area contributed by atoms with Crippen molar-refractivity contribution in [2.75, 3.05) is 31.5 Å². The van der Waals surface area contributed by atoms with Crippen LogP contribution in [0.2, 0.25) is 5.02 Å². The molecule has 1 heterocycles. The van der Waals surface area contributed by atoms with Gasteiger partial charge in [-0.25, -0.2) is 8.42 Å². The summed E-state index contributed by atoms with van der Waals surface area (Å²) in [5.74, 6) is -0.190. The van der Waals surface area contributed by atoms with Gasteiger partial charge in [0.15, 0.2) is 0 Å². The van der Waals surface area contributed by atoms with Crippen LogP contribution in [-0.2, 0) is 21.4 Å². The molecule has 27 heavy (non-hydrogen) atoms. The summed E-state index contributed by atoms with van der Waals surface area (Å²) < 4.78 is 27.2. The van der Waals surface area contributed by atoms with Crippen molar-refractivity contribution in [2.24, 2.45) is 0 Å². The Morgan fingerprint density at radius 1 is 1.15 bits per heavy atom. The summed E-state index contributed by atoms with van der Waals surface area (Å²) in [5.41, 5.74) is 1.74. The van der Waals surface area contributed by atoms with Crippen LogP contribution in [-0.4, -0.2) is 44.8 Å². The molecular formula is C19H23ClN3O3S+. The summed E-state index contributed by atoms with van der Waals surface area (Å²) in [4.78, 5) is 12.7. The third-order valence-electron chi connectivity index (χ3n) is 4.59. The zero-order valence-electron chi connectivity index (χ0n) is 15.1. The van der Waals surface area contributed by atoms with Gasteiger partial charge in [-0.3, -0.25) is 4.79 Å². The van der Waals surface area contributed by atoms with E-state index in [9.17, 15) is 13.2 Å². The average Bonchev–Trinajstić information content (AvgIpc) is 2.62. The van der Waals surface area contributed by atoms with Crippen LogP contribution in [0.5, 0.6) is 0 Å². The number of rotatable bonds is 5. The minimum Gasteiger partial charge on any atom is -0.329 e. The van der Waals surface area contributed by atoms with E-state index in [0.717, 1.165) is 30.2 Å². The van der Waals surface area contributed by atoms with Crippen molar-refractivity contribution in [2.45, 2.75) is 18.4 Å². The Labute approximate surface area is 164 Å². The normalized spacial score (nSPS) is 16.2. The van der Waals surface area contributed by atoms with Gasteiger partial charge < -0.3 is 10.2 Å². The maximum atomic E-state index is 12.8. The molecule has 0 atom stereocenters. The molecular weight excluding hydrogens is 386 g/mol. The second-order valence-electron chi connectivity index (χ2n) is 6.67. The molecule has 1 saturated heterocycles. The van der Waals surface area contributed by atoms with E-state index in [0.29, 0.717) is 18.8 Å². The maximum absolute atomic E-state index is 12.8. The Kier molecular flexibility index (Phi) is 6.16. The fraction of sp³-hybridized carbons (Fsp3) is 0.316. The van der Waals surface area contributed by atoms with E-state index in [4.69, 9.17) is 11.6 Å². The van der Waals surface area contributed by atoms with Crippen LogP contribution in [0.3, 0.4) is 0 Å². The van der Waals surface area contributed by atoms with E-state index in [1.165, 1.54) is 28.3 Å². The number of nitrogens with zero attached hydrogens (tertiary/aromatic N) is 1. The first kappa shape index (κ1) is 19.8. The number of halogens is 1. The van der Waals surface area contributed by atoms with E-state index in [1.54, 1.807) is 12.1 Å². The fourth-order valence-electron chi connectivity index (χ4n) is 3.22. The van der Waals surface area contributed by atoms with Crippen molar-refractivity contribution >= 4 is 33.2 Å². The largest absolute Gasteiger partial charge is 0.329 e. The Morgan fingerprint density at radius 2 is 1.81 bits per heavy atom. The van der Waals surface area contributed by atoms with E-state index < -0.39 is 10.0 Å². The van der Waals surface area contributed by atoms with Gasteiger partial charge in [0.05, 0.1) is 31.1 Å². The number of piperazine rings is 1. The van der Waals surface area contributed by atoms with Gasteiger partial charge in [-0.05, 0) is 36.4 Å². The zero-order chi connectivity index (χ0) is 19.4. The molecule has 0 unspecified atom stereocenters. The second-order valence-corrected chi connectivity index (χ2v) is 9.04. The van der Waals surface area contributed by atoms with Crippen molar-refractivity contribution in [3.05, 3.63) is 59.1 Å². The number of amides is 1. The topological polar surface area (TPSA) is 70.9 Å². The summed E-state index contributed by atoms with van der Waals surface area (Å²) in [7, 11) is -3.52. The lowest BCUT2D eigenvalue weighted by Crippen LogP contribution is -3.13. The van der Waals surface area contributed by atoms with Gasteiger partial charge in [-0.2, -0.15) is 4.31 Å². The monoisotopic (exact) mass is 408 g/mol. The Balaban J connectivity index is 1.61. The van der Waals surface area contributed by atoms with E-state index in [-0.39, 0.29) is 10.8 Å². The highest BCUT2D eigenvalue weighted by Gasteiger charge is 2.30. The first-order chi connectivity index (χ1) is 12.8. The lowest BCUT2D eigenvalue weighted by molar-refractivity contribution is -0.917. The fourth-order valence-corrected chi connectivity index (χ4v) is 4.87. The molecule has 1 aliphatic heterocycles. The third-order valence-corrected chi connectivity index (χ3v) is 6.73. The number of hydrogen-bond acceptors (Lipinski definition) is 3. The number of carbonyl (C=O) groups is 1. The van der Waals surface area contributed by atoms with E-state index >= 15 is 0 Å². The number of benzene rings is 2. The SMILES string of the molecule is CC(=O)Nc1ccc(S(=O)(=O)N2CC[NH+](Cc3cccc(Cl)c3)CC2)cc1. The summed E-state index contributed by atoms with van der Waals surface area (Å²) in [5, 5.41) is 3.35. The highest BCUT2D eigenvalue weighted by molar-refractivity contribution is 7.89. The van der Waals surface area contributed by atoms with Crippen LogP contribution in [0.1, 0.15) is 12.5 Å². The van der Waals surface area contributed by atoms with E-state index in [2.05, 4.69) is 5.32 Å². The van der Waals surface area contributed by atoms with Gasteiger partial charge in [0.25, 0.3) is 0 Å². The number of hydrogen-bond donors (Lipinski definition) is 2. The zero-order valence-corrected chi connectivity index (χ0v) is 16.7. The molecule has 1 aliphatic rings. The predicted molar refractivity (Wildman–Crippen MR) is 105 cm³/mol. The Morgan fingerprint density at radius 3 is 2.41 bits per heavy atom. The number of sulfonamides is 1. The van der Waals surface area contributed by atoms with Crippen LogP contribution in [0, 0.1) is 0 Å². The van der Waals surface area contributed by atoms with Gasteiger partial charge in [-0.15, -0.1) is 0 Å². The Bertz CT molecular complexity index is 908. The molecule has 0 aliphatic carbocycles. The van der Waals surface area contributed by atoms with Crippen LogP contribution < -0.4 is 10.2 Å². The molecule has 2 N–H and O–H groups in total.